The van der Waals surface area contributed by atoms with E-state index in [0.29, 0.717) is 16.7 Å². The van der Waals surface area contributed by atoms with Gasteiger partial charge in [-0.25, -0.2) is 15.0 Å². The number of pyridine rings is 3. The quantitative estimate of drug-likeness (QED) is 0.115. The fourth-order valence-electron chi connectivity index (χ4n) is 6.85. The van der Waals surface area contributed by atoms with E-state index >= 15 is 0 Å². The van der Waals surface area contributed by atoms with Crippen LogP contribution in [0.5, 0.6) is 0 Å². The Balaban J connectivity index is 1.34. The number of rotatable bonds is 4. The molecular formula is C43H27N5O. The van der Waals surface area contributed by atoms with Crippen LogP contribution in [0, 0.1) is 5.41 Å². The van der Waals surface area contributed by atoms with Crippen molar-refractivity contribution < 1.29 is 5.21 Å². The van der Waals surface area contributed by atoms with Crippen molar-refractivity contribution in [1.29, 1.82) is 5.41 Å². The van der Waals surface area contributed by atoms with Crippen molar-refractivity contribution in [3.05, 3.63) is 162 Å². The Morgan fingerprint density at radius 1 is 0.531 bits per heavy atom. The normalized spacial score (nSPS) is 13.6. The van der Waals surface area contributed by atoms with Crippen molar-refractivity contribution in [3.63, 3.8) is 0 Å². The van der Waals surface area contributed by atoms with E-state index < -0.39 is 0 Å². The van der Waals surface area contributed by atoms with Gasteiger partial charge in [0.15, 0.2) is 0 Å². The molecule has 0 bridgehead atoms. The smallest absolute Gasteiger partial charge is 0.136 e. The van der Waals surface area contributed by atoms with E-state index in [4.69, 9.17) is 15.0 Å². The Kier molecular flexibility index (Phi) is 6.66. The van der Waals surface area contributed by atoms with Crippen molar-refractivity contribution >= 4 is 55.8 Å². The Morgan fingerprint density at radius 3 is 1.76 bits per heavy atom. The van der Waals surface area contributed by atoms with E-state index in [0.717, 1.165) is 72.1 Å². The van der Waals surface area contributed by atoms with Gasteiger partial charge in [0.05, 0.1) is 39.3 Å². The summed E-state index contributed by atoms with van der Waals surface area (Å²) in [6.07, 6.45) is 2.00. The minimum atomic E-state index is 0.137. The molecule has 0 unspecified atom stereocenters. The first-order chi connectivity index (χ1) is 24.2. The van der Waals surface area contributed by atoms with Crippen LogP contribution in [0.1, 0.15) is 16.7 Å². The van der Waals surface area contributed by atoms with E-state index in [2.05, 4.69) is 41.6 Å². The number of allylic oxidation sites excluding steroid dienone is 1. The topological polar surface area (TPSA) is 95.1 Å². The third kappa shape index (κ3) is 4.69. The summed E-state index contributed by atoms with van der Waals surface area (Å²) in [6.45, 7) is 0. The molecule has 0 fully saturated rings. The molecule has 0 aliphatic heterocycles. The minimum Gasteiger partial charge on any atom is -0.410 e. The highest BCUT2D eigenvalue weighted by molar-refractivity contribution is 6.65. The molecule has 2 N–H and O–H groups in total. The van der Waals surface area contributed by atoms with Gasteiger partial charge in [0.25, 0.3) is 0 Å². The first kappa shape index (κ1) is 28.4. The van der Waals surface area contributed by atoms with E-state index in [9.17, 15) is 10.6 Å². The lowest BCUT2D eigenvalue weighted by atomic mass is 9.81. The van der Waals surface area contributed by atoms with Crippen molar-refractivity contribution in [1.82, 2.24) is 15.0 Å². The molecule has 6 nitrogen and oxygen atoms in total. The number of oxime groups is 1. The molecule has 0 atom stereocenters. The minimum absolute atomic E-state index is 0.137. The molecule has 3 heterocycles. The predicted octanol–water partition coefficient (Wildman–Crippen LogP) is 10.1. The molecule has 9 rings (SSSR count). The largest absolute Gasteiger partial charge is 0.410 e. The Bertz CT molecular complexity index is 2670. The second kappa shape index (κ2) is 11.5. The molecule has 0 amide bonds. The lowest BCUT2D eigenvalue weighted by Crippen LogP contribution is -2.23. The van der Waals surface area contributed by atoms with Gasteiger partial charge in [-0.15, -0.1) is 0 Å². The van der Waals surface area contributed by atoms with E-state index in [1.807, 2.05) is 115 Å². The molecule has 6 heteroatoms. The van der Waals surface area contributed by atoms with Gasteiger partial charge in [0.2, 0.25) is 0 Å². The van der Waals surface area contributed by atoms with Gasteiger partial charge in [-0.05, 0) is 29.8 Å². The number of nitrogens with zero attached hydrogens (tertiary/aromatic N) is 4. The van der Waals surface area contributed by atoms with Crippen LogP contribution >= 0.6 is 0 Å². The first-order valence-electron chi connectivity index (χ1n) is 16.1. The fourth-order valence-corrected chi connectivity index (χ4v) is 6.85. The summed E-state index contributed by atoms with van der Waals surface area (Å²) in [4.78, 5) is 15.6. The van der Waals surface area contributed by atoms with Crippen LogP contribution in [0.4, 0.5) is 0 Å². The Morgan fingerprint density at radius 2 is 1.10 bits per heavy atom. The number of hydrogen-bond acceptors (Lipinski definition) is 6. The van der Waals surface area contributed by atoms with E-state index in [-0.39, 0.29) is 11.4 Å². The second-order valence-corrected chi connectivity index (χ2v) is 12.0. The number of benzene rings is 5. The van der Waals surface area contributed by atoms with Crippen LogP contribution in [0.15, 0.2) is 151 Å². The summed E-state index contributed by atoms with van der Waals surface area (Å²) in [5, 5.41) is 26.4. The van der Waals surface area contributed by atoms with Gasteiger partial charge in [-0.1, -0.05) is 133 Å². The highest BCUT2D eigenvalue weighted by Crippen LogP contribution is 2.41. The second-order valence-electron chi connectivity index (χ2n) is 12.0. The van der Waals surface area contributed by atoms with Gasteiger partial charge in [0, 0.05) is 49.5 Å². The molecule has 0 radical (unpaired) electrons. The fraction of sp³-hybridized carbons (Fsp3) is 0. The van der Waals surface area contributed by atoms with Crippen LogP contribution in [-0.2, 0) is 0 Å². The predicted molar refractivity (Wildman–Crippen MR) is 199 cm³/mol. The van der Waals surface area contributed by atoms with E-state index in [1.54, 1.807) is 0 Å². The molecule has 0 spiro atoms. The maximum absolute atomic E-state index is 10.6. The van der Waals surface area contributed by atoms with Gasteiger partial charge in [-0.2, -0.15) is 0 Å². The molecule has 3 aromatic heterocycles. The number of nitrogens with one attached hydrogen (secondary N) is 1. The summed E-state index contributed by atoms with van der Waals surface area (Å²) < 4.78 is 0. The third-order valence-electron chi connectivity index (χ3n) is 9.18. The Labute approximate surface area is 281 Å². The third-order valence-corrected chi connectivity index (χ3v) is 9.18. The average Bonchev–Trinajstić information content (AvgIpc) is 3.17. The zero-order valence-corrected chi connectivity index (χ0v) is 26.2. The summed E-state index contributed by atoms with van der Waals surface area (Å²) in [6, 6.07) is 48.2. The summed E-state index contributed by atoms with van der Waals surface area (Å²) >= 11 is 0. The van der Waals surface area contributed by atoms with Gasteiger partial charge < -0.3 is 5.21 Å². The van der Waals surface area contributed by atoms with Crippen LogP contribution < -0.4 is 0 Å². The maximum Gasteiger partial charge on any atom is 0.136 e. The van der Waals surface area contributed by atoms with Crippen LogP contribution in [0.2, 0.25) is 0 Å². The van der Waals surface area contributed by atoms with E-state index in [1.165, 1.54) is 0 Å². The summed E-state index contributed by atoms with van der Waals surface area (Å²) in [5.41, 5.74) is 10.8. The van der Waals surface area contributed by atoms with Crippen molar-refractivity contribution in [3.8, 4) is 33.8 Å². The van der Waals surface area contributed by atoms with Crippen molar-refractivity contribution in [2.75, 3.05) is 0 Å². The lowest BCUT2D eigenvalue weighted by molar-refractivity contribution is 0.320. The molecule has 0 saturated carbocycles. The number of hydrogen-bond donors (Lipinski definition) is 2. The number of aromatic nitrogens is 3. The van der Waals surface area contributed by atoms with Crippen LogP contribution in [-0.4, -0.2) is 31.6 Å². The lowest BCUT2D eigenvalue weighted by Gasteiger charge is -2.24. The molecule has 1 aliphatic rings. The maximum atomic E-state index is 10.6. The average molecular weight is 630 g/mol. The monoisotopic (exact) mass is 629 g/mol. The molecule has 0 saturated heterocycles. The van der Waals surface area contributed by atoms with Crippen LogP contribution in [0.25, 0.3) is 78.1 Å². The van der Waals surface area contributed by atoms with Crippen LogP contribution in [0.3, 0.4) is 0 Å². The molecule has 230 valence electrons. The molecule has 1 aliphatic carbocycles. The molecular weight excluding hydrogens is 603 g/mol. The van der Waals surface area contributed by atoms with Gasteiger partial charge in [-0.3, -0.25) is 5.41 Å². The van der Waals surface area contributed by atoms with Gasteiger partial charge in [0.1, 0.15) is 5.71 Å². The zero-order valence-electron chi connectivity index (χ0n) is 26.2. The van der Waals surface area contributed by atoms with Crippen molar-refractivity contribution in [2.45, 2.75) is 0 Å². The first-order valence-corrected chi connectivity index (χ1v) is 16.1. The Hall–Kier alpha value is -6.79. The summed E-state index contributed by atoms with van der Waals surface area (Å²) in [7, 11) is 0. The molecule has 8 aromatic rings. The number of fused-ring (bicyclic) bond motifs is 6. The molecule has 5 aromatic carbocycles. The summed E-state index contributed by atoms with van der Waals surface area (Å²) in [5.74, 6) is 0. The van der Waals surface area contributed by atoms with Crippen molar-refractivity contribution in [2.24, 2.45) is 5.16 Å². The van der Waals surface area contributed by atoms with Gasteiger partial charge >= 0.3 is 0 Å². The standard InChI is InChI=1S/C43H27N5O/c44-39-32(26-11-4-1-5-12-26)25-33-38(43(39)48-49)37-31(17-10-18-36(37)47-40(33)28-15-8-3-9-16-28)35-24-22-30-20-19-29-21-23-34(27-13-6-2-7-14-27)45-41(29)42(30)46-35/h1-25,44,49H/b44-39?,48-43-. The molecule has 49 heavy (non-hydrogen) atoms. The zero-order chi connectivity index (χ0) is 32.9. The SMILES string of the molecule is N=C1C(c2ccccc2)=Cc2c(-c3ccccc3)nc3cccc(-c4ccc5ccc6ccc(-c7ccccc7)nc6c5n4)c3c2/C1=N/O. The highest BCUT2D eigenvalue weighted by Gasteiger charge is 2.30. The highest BCUT2D eigenvalue weighted by atomic mass is 16.4.